The van der Waals surface area contributed by atoms with Gasteiger partial charge < -0.3 is 5.11 Å². The first-order chi connectivity index (χ1) is 9.24. The van der Waals surface area contributed by atoms with Crippen molar-refractivity contribution < 1.29 is 5.11 Å². The first kappa shape index (κ1) is 12.3. The Bertz CT molecular complexity index is 731. The number of hydrogen-bond donors (Lipinski definition) is 1. The van der Waals surface area contributed by atoms with Crippen LogP contribution in [-0.4, -0.2) is 10.1 Å². The van der Waals surface area contributed by atoms with Crippen LogP contribution in [0.25, 0.3) is 10.8 Å². The van der Waals surface area contributed by atoms with Crippen molar-refractivity contribution in [2.24, 2.45) is 0 Å². The Labute approximate surface area is 120 Å². The lowest BCUT2D eigenvalue weighted by atomic mass is 10.2. The zero-order chi connectivity index (χ0) is 13.2. The Morgan fingerprint density at radius 2 is 1.74 bits per heavy atom. The normalized spacial score (nSPS) is 10.8. The van der Waals surface area contributed by atoms with Gasteiger partial charge in [-0.25, -0.2) is 4.98 Å². The minimum Gasteiger partial charge on any atom is -0.506 e. The summed E-state index contributed by atoms with van der Waals surface area (Å²) in [7, 11) is 0. The maximum atomic E-state index is 9.86. The van der Waals surface area contributed by atoms with Crippen LogP contribution in [-0.2, 0) is 0 Å². The molecule has 94 valence electrons. The Balaban J connectivity index is 2.05. The molecule has 0 unspecified atom stereocenters. The standard InChI is InChI=1S/C15H10ClNOS/c16-15-12-7-6-11(8-13(12)14(18)9-17-15)19-10-4-2-1-3-5-10/h1-9,18H. The highest BCUT2D eigenvalue weighted by Crippen LogP contribution is 2.34. The predicted molar refractivity (Wildman–Crippen MR) is 79.0 cm³/mol. The molecule has 19 heavy (non-hydrogen) atoms. The second-order valence-corrected chi connectivity index (χ2v) is 5.56. The van der Waals surface area contributed by atoms with E-state index in [1.54, 1.807) is 11.8 Å². The van der Waals surface area contributed by atoms with Gasteiger partial charge in [-0.2, -0.15) is 0 Å². The quantitative estimate of drug-likeness (QED) is 0.691. The van der Waals surface area contributed by atoms with Gasteiger partial charge in [0, 0.05) is 20.6 Å². The summed E-state index contributed by atoms with van der Waals surface area (Å²) in [5.74, 6) is 0.148. The summed E-state index contributed by atoms with van der Waals surface area (Å²) >= 11 is 7.65. The molecule has 0 bridgehead atoms. The van der Waals surface area contributed by atoms with Crippen molar-refractivity contribution in [1.29, 1.82) is 0 Å². The van der Waals surface area contributed by atoms with Crippen LogP contribution in [0.2, 0.25) is 5.15 Å². The number of nitrogens with zero attached hydrogens (tertiary/aromatic N) is 1. The van der Waals surface area contributed by atoms with Crippen LogP contribution in [0.15, 0.2) is 64.5 Å². The van der Waals surface area contributed by atoms with Crippen LogP contribution in [0.5, 0.6) is 5.75 Å². The summed E-state index contributed by atoms with van der Waals surface area (Å²) in [5, 5.41) is 11.7. The third kappa shape index (κ3) is 2.53. The highest BCUT2D eigenvalue weighted by molar-refractivity contribution is 7.99. The molecular weight excluding hydrogens is 278 g/mol. The minimum atomic E-state index is 0.148. The first-order valence-corrected chi connectivity index (χ1v) is 6.93. The van der Waals surface area contributed by atoms with Crippen molar-refractivity contribution >= 4 is 34.1 Å². The smallest absolute Gasteiger partial charge is 0.141 e. The molecule has 0 saturated heterocycles. The van der Waals surface area contributed by atoms with E-state index in [4.69, 9.17) is 11.6 Å². The highest BCUT2D eigenvalue weighted by atomic mass is 35.5. The molecule has 1 heterocycles. The lowest BCUT2D eigenvalue weighted by Gasteiger charge is -2.06. The molecule has 3 rings (SSSR count). The number of aromatic hydroxyl groups is 1. The maximum absolute atomic E-state index is 9.86. The molecule has 0 aliphatic rings. The summed E-state index contributed by atoms with van der Waals surface area (Å²) < 4.78 is 0. The van der Waals surface area contributed by atoms with Crippen molar-refractivity contribution in [3.63, 3.8) is 0 Å². The van der Waals surface area contributed by atoms with Gasteiger partial charge in [0.25, 0.3) is 0 Å². The monoisotopic (exact) mass is 287 g/mol. The number of halogens is 1. The van der Waals surface area contributed by atoms with E-state index in [0.29, 0.717) is 5.15 Å². The third-order valence-electron chi connectivity index (χ3n) is 2.77. The molecule has 1 N–H and O–H groups in total. The number of pyridine rings is 1. The number of aromatic nitrogens is 1. The fraction of sp³-hybridized carbons (Fsp3) is 0. The molecule has 0 amide bonds. The second kappa shape index (κ2) is 5.11. The molecule has 0 spiro atoms. The van der Waals surface area contributed by atoms with Gasteiger partial charge >= 0.3 is 0 Å². The molecule has 0 fully saturated rings. The van der Waals surface area contributed by atoms with Crippen molar-refractivity contribution in [3.05, 3.63) is 59.9 Å². The topological polar surface area (TPSA) is 33.1 Å². The van der Waals surface area contributed by atoms with E-state index in [0.717, 1.165) is 20.6 Å². The molecule has 4 heteroatoms. The summed E-state index contributed by atoms with van der Waals surface area (Å²) in [6, 6.07) is 15.9. The van der Waals surface area contributed by atoms with Crippen LogP contribution >= 0.6 is 23.4 Å². The Kier molecular flexibility index (Phi) is 3.32. The van der Waals surface area contributed by atoms with Crippen molar-refractivity contribution in [3.8, 4) is 5.75 Å². The summed E-state index contributed by atoms with van der Waals surface area (Å²) in [6.45, 7) is 0. The van der Waals surface area contributed by atoms with Crippen LogP contribution in [0, 0.1) is 0 Å². The maximum Gasteiger partial charge on any atom is 0.141 e. The van der Waals surface area contributed by atoms with Gasteiger partial charge in [0.15, 0.2) is 0 Å². The average molecular weight is 288 g/mol. The van der Waals surface area contributed by atoms with E-state index >= 15 is 0 Å². The number of rotatable bonds is 2. The lowest BCUT2D eigenvalue weighted by Crippen LogP contribution is -1.82. The van der Waals surface area contributed by atoms with Crippen LogP contribution < -0.4 is 0 Å². The second-order valence-electron chi connectivity index (χ2n) is 4.06. The van der Waals surface area contributed by atoms with E-state index in [9.17, 15) is 5.11 Å². The predicted octanol–water partition coefficient (Wildman–Crippen LogP) is 4.75. The highest BCUT2D eigenvalue weighted by Gasteiger charge is 2.06. The Morgan fingerprint density at radius 3 is 2.53 bits per heavy atom. The minimum absolute atomic E-state index is 0.148. The average Bonchev–Trinajstić information content (AvgIpc) is 2.44. The van der Waals surface area contributed by atoms with Gasteiger partial charge in [-0.3, -0.25) is 0 Å². The zero-order valence-corrected chi connectivity index (χ0v) is 11.4. The SMILES string of the molecule is Oc1cnc(Cl)c2ccc(Sc3ccccc3)cc12. The van der Waals surface area contributed by atoms with Crippen LogP contribution in [0.3, 0.4) is 0 Å². The first-order valence-electron chi connectivity index (χ1n) is 5.74. The van der Waals surface area contributed by atoms with E-state index < -0.39 is 0 Å². The van der Waals surface area contributed by atoms with E-state index in [-0.39, 0.29) is 5.75 Å². The van der Waals surface area contributed by atoms with Crippen molar-refractivity contribution in [2.45, 2.75) is 9.79 Å². The fourth-order valence-corrected chi connectivity index (χ4v) is 2.95. The summed E-state index contributed by atoms with van der Waals surface area (Å²) in [4.78, 5) is 6.14. The molecule has 0 saturated carbocycles. The van der Waals surface area contributed by atoms with E-state index in [1.165, 1.54) is 6.20 Å². The van der Waals surface area contributed by atoms with Crippen molar-refractivity contribution in [1.82, 2.24) is 4.98 Å². The van der Waals surface area contributed by atoms with E-state index in [1.807, 2.05) is 48.5 Å². The Hall–Kier alpha value is -1.71. The largest absolute Gasteiger partial charge is 0.506 e. The van der Waals surface area contributed by atoms with Crippen molar-refractivity contribution in [2.75, 3.05) is 0 Å². The van der Waals surface area contributed by atoms with Gasteiger partial charge in [0.2, 0.25) is 0 Å². The molecule has 0 aliphatic heterocycles. The number of hydrogen-bond acceptors (Lipinski definition) is 3. The zero-order valence-electron chi connectivity index (χ0n) is 9.88. The molecule has 0 atom stereocenters. The van der Waals surface area contributed by atoms with Gasteiger partial charge in [0.05, 0.1) is 6.20 Å². The summed E-state index contributed by atoms with van der Waals surface area (Å²) in [6.07, 6.45) is 1.38. The van der Waals surface area contributed by atoms with Gasteiger partial charge in [-0.15, -0.1) is 0 Å². The molecule has 1 aromatic heterocycles. The summed E-state index contributed by atoms with van der Waals surface area (Å²) in [5.41, 5.74) is 0. The molecule has 3 aromatic rings. The molecule has 2 aromatic carbocycles. The molecule has 0 aliphatic carbocycles. The number of benzene rings is 2. The third-order valence-corrected chi connectivity index (χ3v) is 4.07. The Morgan fingerprint density at radius 1 is 0.947 bits per heavy atom. The van der Waals surface area contributed by atoms with Crippen LogP contribution in [0.1, 0.15) is 0 Å². The van der Waals surface area contributed by atoms with Gasteiger partial charge in [-0.05, 0) is 24.3 Å². The van der Waals surface area contributed by atoms with Gasteiger partial charge in [0.1, 0.15) is 10.9 Å². The van der Waals surface area contributed by atoms with E-state index in [2.05, 4.69) is 4.98 Å². The number of fused-ring (bicyclic) bond motifs is 1. The van der Waals surface area contributed by atoms with Crippen LogP contribution in [0.4, 0.5) is 0 Å². The molecule has 0 radical (unpaired) electrons. The molecule has 2 nitrogen and oxygen atoms in total. The fourth-order valence-electron chi connectivity index (χ4n) is 1.86. The molecular formula is C15H10ClNOS. The van der Waals surface area contributed by atoms with Gasteiger partial charge in [-0.1, -0.05) is 47.6 Å². The lowest BCUT2D eigenvalue weighted by molar-refractivity contribution is 0.479.